The van der Waals surface area contributed by atoms with Crippen LogP contribution in [0.2, 0.25) is 0 Å². The molecule has 4 N–H and O–H groups in total. The Morgan fingerprint density at radius 3 is 2.78 bits per heavy atom. The molecule has 1 aliphatic heterocycles. The SMILES string of the molecule is COCc1nc(NN)cc(NC2CCOCC2)n1. The first-order valence-electron chi connectivity index (χ1n) is 5.99. The molecule has 1 fully saturated rings. The summed E-state index contributed by atoms with van der Waals surface area (Å²) in [5.74, 6) is 7.32. The van der Waals surface area contributed by atoms with Crippen molar-refractivity contribution in [2.75, 3.05) is 31.1 Å². The molecule has 0 bridgehead atoms. The minimum atomic E-state index is 0.359. The summed E-state index contributed by atoms with van der Waals surface area (Å²) >= 11 is 0. The topological polar surface area (TPSA) is 94.3 Å². The molecule has 1 saturated heterocycles. The lowest BCUT2D eigenvalue weighted by Crippen LogP contribution is -2.28. The predicted molar refractivity (Wildman–Crippen MR) is 68.0 cm³/mol. The van der Waals surface area contributed by atoms with E-state index in [0.717, 1.165) is 31.9 Å². The minimum absolute atomic E-state index is 0.359. The molecule has 0 radical (unpaired) electrons. The van der Waals surface area contributed by atoms with Gasteiger partial charge in [0, 0.05) is 32.4 Å². The number of nitrogens with one attached hydrogen (secondary N) is 2. The van der Waals surface area contributed by atoms with Gasteiger partial charge in [0.05, 0.1) is 0 Å². The van der Waals surface area contributed by atoms with Gasteiger partial charge in [0.2, 0.25) is 0 Å². The van der Waals surface area contributed by atoms with E-state index in [1.807, 2.05) is 0 Å². The summed E-state index contributed by atoms with van der Waals surface area (Å²) in [7, 11) is 1.61. The minimum Gasteiger partial charge on any atom is -0.381 e. The Morgan fingerprint density at radius 2 is 2.11 bits per heavy atom. The Hall–Kier alpha value is -1.44. The lowest BCUT2D eigenvalue weighted by atomic mass is 10.1. The Bertz CT molecular complexity index is 382. The van der Waals surface area contributed by atoms with E-state index in [1.165, 1.54) is 0 Å². The van der Waals surface area contributed by atoms with Gasteiger partial charge in [-0.3, -0.25) is 0 Å². The third kappa shape index (κ3) is 3.52. The maximum absolute atomic E-state index is 5.39. The number of hydrogen-bond acceptors (Lipinski definition) is 7. The second-order valence-corrected chi connectivity index (χ2v) is 4.16. The number of hydrogen-bond donors (Lipinski definition) is 3. The normalized spacial score (nSPS) is 16.6. The van der Waals surface area contributed by atoms with Gasteiger partial charge in [-0.1, -0.05) is 0 Å². The zero-order chi connectivity index (χ0) is 12.8. The molecule has 0 amide bonds. The van der Waals surface area contributed by atoms with Crippen LogP contribution in [0.1, 0.15) is 18.7 Å². The van der Waals surface area contributed by atoms with Crippen molar-refractivity contribution in [1.29, 1.82) is 0 Å². The molecule has 0 unspecified atom stereocenters. The number of methoxy groups -OCH3 is 1. The summed E-state index contributed by atoms with van der Waals surface area (Å²) in [6.45, 7) is 1.93. The Labute approximate surface area is 106 Å². The number of ether oxygens (including phenoxy) is 2. The lowest BCUT2D eigenvalue weighted by molar-refractivity contribution is 0.0903. The molecule has 7 nitrogen and oxygen atoms in total. The molecular weight excluding hydrogens is 234 g/mol. The van der Waals surface area contributed by atoms with E-state index in [9.17, 15) is 0 Å². The Balaban J connectivity index is 2.07. The van der Waals surface area contributed by atoms with Gasteiger partial charge in [-0.25, -0.2) is 15.8 Å². The maximum atomic E-state index is 5.39. The number of nitrogens with two attached hydrogens (primary N) is 1. The van der Waals surface area contributed by atoms with Crippen LogP contribution in [0.15, 0.2) is 6.07 Å². The van der Waals surface area contributed by atoms with Crippen molar-refractivity contribution >= 4 is 11.6 Å². The molecule has 100 valence electrons. The first-order chi connectivity index (χ1) is 8.81. The van der Waals surface area contributed by atoms with Crippen LogP contribution in [0.3, 0.4) is 0 Å². The predicted octanol–water partition coefficient (Wildman–Crippen LogP) is 0.499. The van der Waals surface area contributed by atoms with Gasteiger partial charge in [-0.2, -0.15) is 0 Å². The van der Waals surface area contributed by atoms with Crippen LogP contribution in [-0.4, -0.2) is 36.3 Å². The van der Waals surface area contributed by atoms with Gasteiger partial charge in [0.1, 0.15) is 18.2 Å². The average molecular weight is 253 g/mol. The molecule has 7 heteroatoms. The first kappa shape index (κ1) is 13.0. The number of anilines is 2. The van der Waals surface area contributed by atoms with E-state index < -0.39 is 0 Å². The molecule has 0 saturated carbocycles. The summed E-state index contributed by atoms with van der Waals surface area (Å²) in [6, 6.07) is 2.17. The summed E-state index contributed by atoms with van der Waals surface area (Å²) in [4.78, 5) is 8.58. The molecule has 0 aromatic carbocycles. The van der Waals surface area contributed by atoms with Crippen LogP contribution in [0.5, 0.6) is 0 Å². The summed E-state index contributed by atoms with van der Waals surface area (Å²) in [6.07, 6.45) is 1.96. The monoisotopic (exact) mass is 253 g/mol. The molecule has 18 heavy (non-hydrogen) atoms. The van der Waals surface area contributed by atoms with E-state index in [-0.39, 0.29) is 0 Å². The molecular formula is C11H19N5O2. The van der Waals surface area contributed by atoms with E-state index in [1.54, 1.807) is 13.2 Å². The van der Waals surface area contributed by atoms with Crippen molar-refractivity contribution in [3.63, 3.8) is 0 Å². The van der Waals surface area contributed by atoms with Gasteiger partial charge in [0.25, 0.3) is 0 Å². The van der Waals surface area contributed by atoms with Gasteiger partial charge in [-0.15, -0.1) is 0 Å². The van der Waals surface area contributed by atoms with E-state index in [0.29, 0.717) is 24.3 Å². The quantitative estimate of drug-likeness (QED) is 0.519. The molecule has 1 aliphatic rings. The summed E-state index contributed by atoms with van der Waals surface area (Å²) in [5, 5.41) is 3.37. The number of rotatable bonds is 5. The summed E-state index contributed by atoms with van der Waals surface area (Å²) in [5.41, 5.74) is 2.53. The number of hydrazine groups is 1. The van der Waals surface area contributed by atoms with E-state index in [2.05, 4.69) is 20.7 Å². The van der Waals surface area contributed by atoms with Gasteiger partial charge < -0.3 is 20.2 Å². The highest BCUT2D eigenvalue weighted by Gasteiger charge is 2.14. The van der Waals surface area contributed by atoms with Gasteiger partial charge >= 0.3 is 0 Å². The van der Waals surface area contributed by atoms with Crippen LogP contribution in [-0.2, 0) is 16.1 Å². The highest BCUT2D eigenvalue weighted by Crippen LogP contribution is 2.16. The first-order valence-corrected chi connectivity index (χ1v) is 5.99. The number of aromatic nitrogens is 2. The van der Waals surface area contributed by atoms with E-state index >= 15 is 0 Å². The molecule has 1 aromatic heterocycles. The van der Waals surface area contributed by atoms with Crippen LogP contribution < -0.4 is 16.6 Å². The largest absolute Gasteiger partial charge is 0.381 e. The highest BCUT2D eigenvalue weighted by molar-refractivity contribution is 5.47. The molecule has 2 rings (SSSR count). The van der Waals surface area contributed by atoms with Gasteiger partial charge in [-0.05, 0) is 12.8 Å². The fourth-order valence-corrected chi connectivity index (χ4v) is 1.89. The van der Waals surface area contributed by atoms with Crippen LogP contribution in [0.4, 0.5) is 11.6 Å². The number of nitrogen functional groups attached to an aromatic ring is 1. The second-order valence-electron chi connectivity index (χ2n) is 4.16. The molecule has 0 atom stereocenters. The standard InChI is InChI=1S/C11H19N5O2/c1-17-7-11-14-9(6-10(15-11)16-12)13-8-2-4-18-5-3-8/h6,8H,2-5,7,12H2,1H3,(H2,13,14,15,16). The van der Waals surface area contributed by atoms with Crippen LogP contribution in [0.25, 0.3) is 0 Å². The van der Waals surface area contributed by atoms with Gasteiger partial charge in [0.15, 0.2) is 5.82 Å². The molecule has 0 aliphatic carbocycles. The molecule has 1 aromatic rings. The third-order valence-electron chi connectivity index (χ3n) is 2.77. The van der Waals surface area contributed by atoms with Crippen molar-refractivity contribution in [3.8, 4) is 0 Å². The van der Waals surface area contributed by atoms with E-state index in [4.69, 9.17) is 15.3 Å². The van der Waals surface area contributed by atoms with Crippen molar-refractivity contribution in [3.05, 3.63) is 11.9 Å². The Kier molecular flexibility index (Phi) is 4.68. The summed E-state index contributed by atoms with van der Waals surface area (Å²) < 4.78 is 10.4. The fourth-order valence-electron chi connectivity index (χ4n) is 1.89. The lowest BCUT2D eigenvalue weighted by Gasteiger charge is -2.23. The van der Waals surface area contributed by atoms with Crippen molar-refractivity contribution in [2.45, 2.75) is 25.5 Å². The molecule has 2 heterocycles. The second kappa shape index (κ2) is 6.48. The zero-order valence-corrected chi connectivity index (χ0v) is 10.5. The zero-order valence-electron chi connectivity index (χ0n) is 10.5. The number of nitrogens with zero attached hydrogens (tertiary/aromatic N) is 2. The third-order valence-corrected chi connectivity index (χ3v) is 2.77. The fraction of sp³-hybridized carbons (Fsp3) is 0.636. The molecule has 0 spiro atoms. The van der Waals surface area contributed by atoms with Crippen molar-refractivity contribution < 1.29 is 9.47 Å². The average Bonchev–Trinajstić information content (AvgIpc) is 2.40. The van der Waals surface area contributed by atoms with Crippen molar-refractivity contribution in [2.24, 2.45) is 5.84 Å². The van der Waals surface area contributed by atoms with Crippen LogP contribution >= 0.6 is 0 Å². The highest BCUT2D eigenvalue weighted by atomic mass is 16.5. The van der Waals surface area contributed by atoms with Crippen LogP contribution in [0, 0.1) is 0 Å². The maximum Gasteiger partial charge on any atom is 0.158 e. The van der Waals surface area contributed by atoms with Crippen molar-refractivity contribution in [1.82, 2.24) is 9.97 Å². The smallest absolute Gasteiger partial charge is 0.158 e. The Morgan fingerprint density at radius 1 is 1.39 bits per heavy atom.